The number of anilines is 1. The highest BCUT2D eigenvalue weighted by molar-refractivity contribution is 7.07. The van der Waals surface area contributed by atoms with Crippen molar-refractivity contribution in [1.82, 2.24) is 10.3 Å². The molecule has 0 amide bonds. The molecule has 0 saturated carbocycles. The molecule has 1 aromatic carbocycles. The van der Waals surface area contributed by atoms with E-state index >= 15 is 0 Å². The lowest BCUT2D eigenvalue weighted by Crippen LogP contribution is -2.39. The van der Waals surface area contributed by atoms with Crippen LogP contribution in [0.4, 0.5) is 5.82 Å². The number of nitrogens with zero attached hydrogens (tertiary/aromatic N) is 2. The van der Waals surface area contributed by atoms with Gasteiger partial charge in [-0.2, -0.15) is 11.3 Å². The zero-order chi connectivity index (χ0) is 21.8. The number of pyridine rings is 1. The minimum Gasteiger partial charge on any atom is -0.493 e. The van der Waals surface area contributed by atoms with E-state index in [1.165, 1.54) is 5.56 Å². The van der Waals surface area contributed by atoms with Crippen molar-refractivity contribution in [3.8, 4) is 17.2 Å². The van der Waals surface area contributed by atoms with E-state index in [9.17, 15) is 5.11 Å². The second kappa shape index (κ2) is 9.72. The van der Waals surface area contributed by atoms with Gasteiger partial charge < -0.3 is 29.5 Å². The zero-order valence-corrected chi connectivity index (χ0v) is 19.0. The van der Waals surface area contributed by atoms with Crippen LogP contribution in [0.25, 0.3) is 10.9 Å². The van der Waals surface area contributed by atoms with Crippen LogP contribution in [-0.2, 0) is 13.1 Å². The Labute approximate surface area is 186 Å². The van der Waals surface area contributed by atoms with Gasteiger partial charge in [0, 0.05) is 43.2 Å². The zero-order valence-electron chi connectivity index (χ0n) is 18.2. The summed E-state index contributed by atoms with van der Waals surface area (Å²) in [6.45, 7) is 2.89. The van der Waals surface area contributed by atoms with Gasteiger partial charge in [-0.1, -0.05) is 0 Å². The highest BCUT2D eigenvalue weighted by Crippen LogP contribution is 2.44. The highest BCUT2D eigenvalue weighted by Gasteiger charge is 2.24. The minimum atomic E-state index is -0.335. The van der Waals surface area contributed by atoms with Crippen LogP contribution in [0.1, 0.15) is 24.0 Å². The molecule has 1 saturated heterocycles. The molecular formula is C23H29N3O4S. The largest absolute Gasteiger partial charge is 0.493 e. The molecule has 8 heteroatoms. The van der Waals surface area contributed by atoms with Crippen LogP contribution in [0.3, 0.4) is 0 Å². The van der Waals surface area contributed by atoms with Crippen molar-refractivity contribution < 1.29 is 19.3 Å². The molecule has 0 radical (unpaired) electrons. The van der Waals surface area contributed by atoms with E-state index < -0.39 is 0 Å². The number of methoxy groups -OCH3 is 3. The number of β-amino-alcohol motifs (C(OH)–C–C–N with tert-alkyl or cyclic N) is 1. The third-order valence-corrected chi connectivity index (χ3v) is 6.33. The number of ether oxygens (including phenoxy) is 3. The van der Waals surface area contributed by atoms with Gasteiger partial charge >= 0.3 is 0 Å². The predicted molar refractivity (Wildman–Crippen MR) is 124 cm³/mol. The number of aliphatic hydroxyl groups is 1. The summed E-state index contributed by atoms with van der Waals surface area (Å²) in [5, 5.41) is 18.9. The van der Waals surface area contributed by atoms with Crippen molar-refractivity contribution in [2.75, 3.05) is 39.3 Å². The number of fused-ring (bicyclic) bond motifs is 1. The average molecular weight is 444 g/mol. The number of aromatic nitrogens is 1. The maximum atomic E-state index is 10.2. The van der Waals surface area contributed by atoms with Crippen LogP contribution in [0.2, 0.25) is 0 Å². The summed E-state index contributed by atoms with van der Waals surface area (Å²) in [6, 6.07) is 6.11. The molecule has 7 nitrogen and oxygen atoms in total. The van der Waals surface area contributed by atoms with Crippen molar-refractivity contribution in [2.24, 2.45) is 0 Å². The van der Waals surface area contributed by atoms with E-state index in [1.807, 2.05) is 6.07 Å². The SMILES string of the molecule is COc1cc2nc(N3CCCC(O)C3)c(CNCc3ccsc3)cc2c(OC)c1OC. The molecule has 3 aromatic rings. The van der Waals surface area contributed by atoms with Gasteiger partial charge in [-0.05, 0) is 41.3 Å². The van der Waals surface area contributed by atoms with Gasteiger partial charge in [0.2, 0.25) is 5.75 Å². The third-order valence-electron chi connectivity index (χ3n) is 5.60. The van der Waals surface area contributed by atoms with Crippen LogP contribution in [0, 0.1) is 0 Å². The second-order valence-corrected chi connectivity index (χ2v) is 8.44. The Morgan fingerprint density at radius 2 is 2.00 bits per heavy atom. The van der Waals surface area contributed by atoms with Gasteiger partial charge in [0.15, 0.2) is 11.5 Å². The van der Waals surface area contributed by atoms with Crippen LogP contribution in [0.5, 0.6) is 17.2 Å². The molecule has 0 aliphatic carbocycles. The number of nitrogens with one attached hydrogen (secondary N) is 1. The molecule has 0 bridgehead atoms. The molecule has 1 unspecified atom stereocenters. The summed E-state index contributed by atoms with van der Waals surface area (Å²) in [7, 11) is 4.83. The Balaban J connectivity index is 1.77. The molecule has 3 heterocycles. The van der Waals surface area contributed by atoms with Gasteiger partial charge in [-0.15, -0.1) is 0 Å². The molecule has 31 heavy (non-hydrogen) atoms. The number of hydrogen-bond donors (Lipinski definition) is 2. The summed E-state index contributed by atoms with van der Waals surface area (Å²) >= 11 is 1.70. The Morgan fingerprint density at radius 3 is 2.68 bits per heavy atom. The quantitative estimate of drug-likeness (QED) is 0.551. The number of aliphatic hydroxyl groups excluding tert-OH is 1. The predicted octanol–water partition coefficient (Wildman–Crippen LogP) is 3.57. The van der Waals surface area contributed by atoms with Gasteiger partial charge in [-0.3, -0.25) is 0 Å². The summed E-state index contributed by atoms with van der Waals surface area (Å²) < 4.78 is 16.8. The first-order valence-corrected chi connectivity index (χ1v) is 11.4. The van der Waals surface area contributed by atoms with E-state index in [0.29, 0.717) is 30.3 Å². The Bertz CT molecular complexity index is 1030. The van der Waals surface area contributed by atoms with Gasteiger partial charge in [0.05, 0.1) is 33.0 Å². The van der Waals surface area contributed by atoms with Crippen LogP contribution >= 0.6 is 11.3 Å². The normalized spacial score (nSPS) is 16.5. The maximum Gasteiger partial charge on any atom is 0.204 e. The molecule has 0 spiro atoms. The summed E-state index contributed by atoms with van der Waals surface area (Å²) in [5.74, 6) is 2.62. The molecule has 166 valence electrons. The highest BCUT2D eigenvalue weighted by atomic mass is 32.1. The molecule has 1 fully saturated rings. The van der Waals surface area contributed by atoms with Gasteiger partial charge in [0.1, 0.15) is 5.82 Å². The number of rotatable bonds is 8. The summed E-state index contributed by atoms with van der Waals surface area (Å²) in [4.78, 5) is 7.18. The molecule has 1 atom stereocenters. The molecule has 1 aliphatic rings. The third kappa shape index (κ3) is 4.56. The number of piperidine rings is 1. The van der Waals surface area contributed by atoms with Gasteiger partial charge in [-0.25, -0.2) is 4.98 Å². The topological polar surface area (TPSA) is 76.1 Å². The van der Waals surface area contributed by atoms with E-state index in [1.54, 1.807) is 32.7 Å². The first-order chi connectivity index (χ1) is 15.1. The fourth-order valence-corrected chi connectivity index (χ4v) is 4.78. The van der Waals surface area contributed by atoms with E-state index in [0.717, 1.165) is 48.2 Å². The average Bonchev–Trinajstić information content (AvgIpc) is 3.30. The van der Waals surface area contributed by atoms with Crippen LogP contribution in [-0.4, -0.2) is 50.6 Å². The van der Waals surface area contributed by atoms with E-state index in [-0.39, 0.29) is 6.10 Å². The van der Waals surface area contributed by atoms with E-state index in [2.05, 4.69) is 33.1 Å². The molecule has 2 N–H and O–H groups in total. The monoisotopic (exact) mass is 443 g/mol. The van der Waals surface area contributed by atoms with Crippen molar-refractivity contribution in [2.45, 2.75) is 32.0 Å². The van der Waals surface area contributed by atoms with Crippen molar-refractivity contribution in [1.29, 1.82) is 0 Å². The second-order valence-electron chi connectivity index (χ2n) is 7.66. The molecule has 4 rings (SSSR count). The van der Waals surface area contributed by atoms with Crippen LogP contribution in [0.15, 0.2) is 29.0 Å². The Morgan fingerprint density at radius 1 is 1.16 bits per heavy atom. The number of benzene rings is 1. The minimum absolute atomic E-state index is 0.335. The molecular weight excluding hydrogens is 414 g/mol. The standard InChI is InChI=1S/C23H29N3O4S/c1-28-20-10-19-18(21(29-2)22(20)30-3)9-16(12-24-11-15-6-8-31-14-15)23(25-19)26-7-4-5-17(27)13-26/h6,8-10,14,17,24,27H,4-5,7,11-13H2,1-3H3. The summed E-state index contributed by atoms with van der Waals surface area (Å²) in [6.07, 6.45) is 1.44. The lowest BCUT2D eigenvalue weighted by Gasteiger charge is -2.32. The lowest BCUT2D eigenvalue weighted by molar-refractivity contribution is 0.154. The molecule has 1 aliphatic heterocycles. The number of thiophene rings is 1. The first kappa shape index (κ1) is 21.7. The van der Waals surface area contributed by atoms with Crippen molar-refractivity contribution in [3.63, 3.8) is 0 Å². The fourth-order valence-electron chi connectivity index (χ4n) is 4.11. The van der Waals surface area contributed by atoms with Gasteiger partial charge in [0.25, 0.3) is 0 Å². The first-order valence-electron chi connectivity index (χ1n) is 10.4. The number of hydrogen-bond acceptors (Lipinski definition) is 8. The van der Waals surface area contributed by atoms with E-state index in [4.69, 9.17) is 19.2 Å². The maximum absolute atomic E-state index is 10.2. The van der Waals surface area contributed by atoms with Crippen LogP contribution < -0.4 is 24.4 Å². The van der Waals surface area contributed by atoms with Crippen molar-refractivity contribution >= 4 is 28.1 Å². The summed E-state index contributed by atoms with van der Waals surface area (Å²) in [5.41, 5.74) is 3.09. The van der Waals surface area contributed by atoms with Crippen molar-refractivity contribution in [3.05, 3.63) is 40.1 Å². The smallest absolute Gasteiger partial charge is 0.204 e. The molecule has 2 aromatic heterocycles. The Hall–Kier alpha value is -2.55. The Kier molecular flexibility index (Phi) is 6.80. The lowest BCUT2D eigenvalue weighted by atomic mass is 10.1. The fraction of sp³-hybridized carbons (Fsp3) is 0.435.